The SMILES string of the molecule is CCCCCCCC(CCCC)(CCCC)c1cccc(C(=O)O)c1C(=O)O. The van der Waals surface area contributed by atoms with Crippen molar-refractivity contribution in [3.05, 3.63) is 34.9 Å². The number of hydrogen-bond acceptors (Lipinski definition) is 2. The maximum atomic E-state index is 12.1. The predicted octanol–water partition coefficient (Wildman–Crippen LogP) is 7.06. The van der Waals surface area contributed by atoms with E-state index in [1.807, 2.05) is 6.07 Å². The van der Waals surface area contributed by atoms with Crippen LogP contribution < -0.4 is 0 Å². The molecule has 0 atom stereocenters. The molecular weight excluding hydrogens is 352 g/mol. The fourth-order valence-electron chi connectivity index (χ4n) is 4.28. The second-order valence-electron chi connectivity index (χ2n) is 7.99. The van der Waals surface area contributed by atoms with Gasteiger partial charge in [-0.05, 0) is 36.3 Å². The van der Waals surface area contributed by atoms with Gasteiger partial charge in [0.15, 0.2) is 0 Å². The van der Waals surface area contributed by atoms with E-state index in [1.165, 1.54) is 25.3 Å². The lowest BCUT2D eigenvalue weighted by atomic mass is 9.67. The number of rotatable bonds is 15. The fourth-order valence-corrected chi connectivity index (χ4v) is 4.28. The third-order valence-corrected chi connectivity index (χ3v) is 5.86. The monoisotopic (exact) mass is 390 g/mol. The van der Waals surface area contributed by atoms with Gasteiger partial charge in [-0.1, -0.05) is 90.7 Å². The van der Waals surface area contributed by atoms with Crippen molar-refractivity contribution in [2.45, 2.75) is 103 Å². The van der Waals surface area contributed by atoms with Crippen molar-refractivity contribution < 1.29 is 19.8 Å². The van der Waals surface area contributed by atoms with Gasteiger partial charge in [0.25, 0.3) is 0 Å². The van der Waals surface area contributed by atoms with Crippen molar-refractivity contribution in [2.75, 3.05) is 0 Å². The van der Waals surface area contributed by atoms with E-state index in [-0.39, 0.29) is 16.5 Å². The van der Waals surface area contributed by atoms with Crippen molar-refractivity contribution in [3.63, 3.8) is 0 Å². The van der Waals surface area contributed by atoms with Gasteiger partial charge in [0, 0.05) is 0 Å². The Morgan fingerprint density at radius 1 is 0.750 bits per heavy atom. The summed E-state index contributed by atoms with van der Waals surface area (Å²) >= 11 is 0. The summed E-state index contributed by atoms with van der Waals surface area (Å²) in [7, 11) is 0. The van der Waals surface area contributed by atoms with E-state index in [0.29, 0.717) is 0 Å². The van der Waals surface area contributed by atoms with Crippen LogP contribution in [0.25, 0.3) is 0 Å². The van der Waals surface area contributed by atoms with Crippen LogP contribution >= 0.6 is 0 Å². The smallest absolute Gasteiger partial charge is 0.336 e. The molecule has 4 heteroatoms. The van der Waals surface area contributed by atoms with Crippen LogP contribution in [0.15, 0.2) is 18.2 Å². The van der Waals surface area contributed by atoms with Crippen LogP contribution in [-0.4, -0.2) is 22.2 Å². The van der Waals surface area contributed by atoms with E-state index in [9.17, 15) is 19.8 Å². The van der Waals surface area contributed by atoms with Crippen LogP contribution in [0.3, 0.4) is 0 Å². The van der Waals surface area contributed by atoms with Gasteiger partial charge in [0.05, 0.1) is 11.1 Å². The lowest BCUT2D eigenvalue weighted by Gasteiger charge is -2.36. The third kappa shape index (κ3) is 6.65. The Morgan fingerprint density at radius 3 is 1.79 bits per heavy atom. The van der Waals surface area contributed by atoms with Gasteiger partial charge in [0.1, 0.15) is 0 Å². The van der Waals surface area contributed by atoms with Crippen LogP contribution in [-0.2, 0) is 5.41 Å². The quantitative estimate of drug-likeness (QED) is 0.314. The molecule has 0 fully saturated rings. The van der Waals surface area contributed by atoms with Crippen molar-refractivity contribution in [2.24, 2.45) is 0 Å². The third-order valence-electron chi connectivity index (χ3n) is 5.86. The highest BCUT2D eigenvalue weighted by molar-refractivity contribution is 6.03. The fraction of sp³-hybridized carbons (Fsp3) is 0.667. The Bertz CT molecular complexity index is 613. The molecule has 0 aliphatic rings. The number of aromatic carboxylic acids is 2. The summed E-state index contributed by atoms with van der Waals surface area (Å²) in [6, 6.07) is 5.00. The van der Waals surface area contributed by atoms with Gasteiger partial charge < -0.3 is 10.2 Å². The average Bonchev–Trinajstić information content (AvgIpc) is 2.68. The zero-order chi connectivity index (χ0) is 21.0. The summed E-state index contributed by atoms with van der Waals surface area (Å²) in [4.78, 5) is 23.8. The Morgan fingerprint density at radius 2 is 1.29 bits per heavy atom. The molecule has 0 bridgehead atoms. The summed E-state index contributed by atoms with van der Waals surface area (Å²) in [5.74, 6) is -2.29. The molecule has 28 heavy (non-hydrogen) atoms. The normalized spacial score (nSPS) is 11.5. The molecule has 0 unspecified atom stereocenters. The molecule has 0 aromatic heterocycles. The Kier molecular flexibility index (Phi) is 10.9. The first-order valence-electron chi connectivity index (χ1n) is 11.0. The maximum absolute atomic E-state index is 12.1. The molecule has 0 amide bonds. The number of benzene rings is 1. The van der Waals surface area contributed by atoms with Crippen LogP contribution in [0, 0.1) is 0 Å². The first-order chi connectivity index (χ1) is 13.4. The van der Waals surface area contributed by atoms with Crippen molar-refractivity contribution in [1.82, 2.24) is 0 Å². The number of hydrogen-bond donors (Lipinski definition) is 2. The standard InChI is InChI=1S/C24H38O4/c1-4-7-10-11-12-18-24(16-8-5-2,17-9-6-3)20-15-13-14-19(22(25)26)21(20)23(27)28/h13-15H,4-12,16-18H2,1-3H3,(H,25,26)(H,27,28). The van der Waals surface area contributed by atoms with Gasteiger partial charge in [-0.3, -0.25) is 0 Å². The Hall–Kier alpha value is -1.84. The second-order valence-corrected chi connectivity index (χ2v) is 7.99. The lowest BCUT2D eigenvalue weighted by molar-refractivity contribution is 0.0648. The van der Waals surface area contributed by atoms with Gasteiger partial charge >= 0.3 is 11.9 Å². The van der Waals surface area contributed by atoms with Crippen LogP contribution in [0.2, 0.25) is 0 Å². The largest absolute Gasteiger partial charge is 0.478 e. The van der Waals surface area contributed by atoms with E-state index in [0.717, 1.165) is 63.4 Å². The minimum Gasteiger partial charge on any atom is -0.478 e. The predicted molar refractivity (Wildman–Crippen MR) is 114 cm³/mol. The van der Waals surface area contributed by atoms with E-state index in [1.54, 1.807) is 6.07 Å². The summed E-state index contributed by atoms with van der Waals surface area (Å²) in [6.07, 6.45) is 12.7. The zero-order valence-corrected chi connectivity index (χ0v) is 17.9. The second kappa shape index (κ2) is 12.6. The molecule has 0 spiro atoms. The molecule has 4 nitrogen and oxygen atoms in total. The van der Waals surface area contributed by atoms with E-state index in [4.69, 9.17) is 0 Å². The Labute approximate surface area is 170 Å². The highest BCUT2D eigenvalue weighted by Gasteiger charge is 2.36. The molecule has 0 heterocycles. The summed E-state index contributed by atoms with van der Waals surface area (Å²) in [6.45, 7) is 6.50. The molecule has 1 rings (SSSR count). The average molecular weight is 391 g/mol. The molecule has 1 aromatic rings. The minimum atomic E-state index is -1.16. The van der Waals surface area contributed by atoms with Gasteiger partial charge in [0.2, 0.25) is 0 Å². The number of carboxylic acid groups (broad SMARTS) is 2. The first-order valence-corrected chi connectivity index (χ1v) is 11.0. The number of unbranched alkanes of at least 4 members (excludes halogenated alkanes) is 6. The molecule has 0 radical (unpaired) electrons. The van der Waals surface area contributed by atoms with Crippen molar-refractivity contribution in [1.29, 1.82) is 0 Å². The Balaban J connectivity index is 3.40. The van der Waals surface area contributed by atoms with Crippen molar-refractivity contribution in [3.8, 4) is 0 Å². The van der Waals surface area contributed by atoms with Crippen molar-refractivity contribution >= 4 is 11.9 Å². The van der Waals surface area contributed by atoms with Gasteiger partial charge in [-0.15, -0.1) is 0 Å². The zero-order valence-electron chi connectivity index (χ0n) is 17.9. The minimum absolute atomic E-state index is 0.00392. The highest BCUT2D eigenvalue weighted by atomic mass is 16.4. The maximum Gasteiger partial charge on any atom is 0.336 e. The molecular formula is C24H38O4. The van der Waals surface area contributed by atoms with Gasteiger partial charge in [-0.25, -0.2) is 9.59 Å². The molecule has 0 saturated heterocycles. The summed E-state index contributed by atoms with van der Waals surface area (Å²) < 4.78 is 0. The van der Waals surface area contributed by atoms with Crippen LogP contribution in [0.5, 0.6) is 0 Å². The summed E-state index contributed by atoms with van der Waals surface area (Å²) in [5.41, 5.74) is 0.388. The van der Waals surface area contributed by atoms with E-state index < -0.39 is 11.9 Å². The molecule has 1 aromatic carbocycles. The topological polar surface area (TPSA) is 74.6 Å². The first kappa shape index (κ1) is 24.2. The van der Waals surface area contributed by atoms with Gasteiger partial charge in [-0.2, -0.15) is 0 Å². The highest BCUT2D eigenvalue weighted by Crippen LogP contribution is 2.42. The lowest BCUT2D eigenvalue weighted by Crippen LogP contribution is -2.30. The number of carboxylic acids is 2. The molecule has 0 saturated carbocycles. The number of carbonyl (C=O) groups is 2. The molecule has 2 N–H and O–H groups in total. The molecule has 0 aliphatic carbocycles. The summed E-state index contributed by atoms with van der Waals surface area (Å²) in [5, 5.41) is 19.5. The van der Waals surface area contributed by atoms with E-state index in [2.05, 4.69) is 20.8 Å². The molecule has 0 aliphatic heterocycles. The van der Waals surface area contributed by atoms with Crippen LogP contribution in [0.1, 0.15) is 124 Å². The van der Waals surface area contributed by atoms with Crippen LogP contribution in [0.4, 0.5) is 0 Å². The molecule has 158 valence electrons. The van der Waals surface area contributed by atoms with E-state index >= 15 is 0 Å².